The first-order chi connectivity index (χ1) is 8.18. The standard InChI is InChI=1S/C14H13ClO2/c15-12-8-6-11(7-9-12)14(17)13(16)10-4-2-1-3-5-10/h1-9,13-14,16-17H/t13-,14+/m1/s1. The van der Waals surface area contributed by atoms with Crippen LogP contribution >= 0.6 is 11.6 Å². The van der Waals surface area contributed by atoms with Gasteiger partial charge in [0.15, 0.2) is 0 Å². The molecule has 0 saturated carbocycles. The normalized spacial score (nSPS) is 14.3. The molecule has 0 fully saturated rings. The maximum absolute atomic E-state index is 10.0. The summed E-state index contributed by atoms with van der Waals surface area (Å²) in [6, 6.07) is 15.9. The van der Waals surface area contributed by atoms with Gasteiger partial charge in [-0.1, -0.05) is 54.1 Å². The fourth-order valence-electron chi connectivity index (χ4n) is 1.67. The van der Waals surface area contributed by atoms with Crippen LogP contribution in [0.3, 0.4) is 0 Å². The molecule has 2 N–H and O–H groups in total. The molecule has 2 aromatic rings. The van der Waals surface area contributed by atoms with Crippen LogP contribution in [-0.4, -0.2) is 10.2 Å². The molecule has 88 valence electrons. The number of hydrogen-bond donors (Lipinski definition) is 2. The van der Waals surface area contributed by atoms with Crippen molar-refractivity contribution in [2.75, 3.05) is 0 Å². The van der Waals surface area contributed by atoms with Crippen LogP contribution in [0, 0.1) is 0 Å². The Kier molecular flexibility index (Phi) is 3.79. The Morgan fingerprint density at radius 2 is 1.18 bits per heavy atom. The quantitative estimate of drug-likeness (QED) is 0.876. The largest absolute Gasteiger partial charge is 0.385 e. The van der Waals surface area contributed by atoms with Crippen LogP contribution in [0.15, 0.2) is 54.6 Å². The highest BCUT2D eigenvalue weighted by molar-refractivity contribution is 6.30. The fraction of sp³-hybridized carbons (Fsp3) is 0.143. The molecule has 3 heteroatoms. The third-order valence-electron chi connectivity index (χ3n) is 2.65. The third kappa shape index (κ3) is 2.86. The van der Waals surface area contributed by atoms with E-state index in [0.717, 1.165) is 0 Å². The second kappa shape index (κ2) is 5.32. The highest BCUT2D eigenvalue weighted by Gasteiger charge is 2.19. The van der Waals surface area contributed by atoms with Gasteiger partial charge >= 0.3 is 0 Å². The predicted octanol–water partition coefficient (Wildman–Crippen LogP) is 3.11. The van der Waals surface area contributed by atoms with E-state index in [9.17, 15) is 10.2 Å². The van der Waals surface area contributed by atoms with Crippen LogP contribution in [-0.2, 0) is 0 Å². The zero-order chi connectivity index (χ0) is 12.3. The van der Waals surface area contributed by atoms with Gasteiger partial charge in [0.2, 0.25) is 0 Å². The topological polar surface area (TPSA) is 40.5 Å². The highest BCUT2D eigenvalue weighted by atomic mass is 35.5. The summed E-state index contributed by atoms with van der Waals surface area (Å²) in [5.41, 5.74) is 1.33. The maximum Gasteiger partial charge on any atom is 0.109 e. The summed E-state index contributed by atoms with van der Waals surface area (Å²) in [5, 5.41) is 20.7. The van der Waals surface area contributed by atoms with Gasteiger partial charge in [-0.25, -0.2) is 0 Å². The van der Waals surface area contributed by atoms with Crippen LogP contribution in [0.4, 0.5) is 0 Å². The zero-order valence-electron chi connectivity index (χ0n) is 9.12. The van der Waals surface area contributed by atoms with Gasteiger partial charge < -0.3 is 10.2 Å². The number of hydrogen-bond acceptors (Lipinski definition) is 2. The molecular formula is C14H13ClO2. The summed E-state index contributed by atoms with van der Waals surface area (Å²) < 4.78 is 0. The highest BCUT2D eigenvalue weighted by Crippen LogP contribution is 2.28. The summed E-state index contributed by atoms with van der Waals surface area (Å²) in [7, 11) is 0. The van der Waals surface area contributed by atoms with E-state index >= 15 is 0 Å². The van der Waals surface area contributed by atoms with Crippen molar-refractivity contribution < 1.29 is 10.2 Å². The van der Waals surface area contributed by atoms with E-state index in [1.165, 1.54) is 0 Å². The average molecular weight is 249 g/mol. The lowest BCUT2D eigenvalue weighted by atomic mass is 9.98. The Balaban J connectivity index is 2.20. The Labute approximate surface area is 105 Å². The van der Waals surface area contributed by atoms with E-state index in [1.54, 1.807) is 36.4 Å². The van der Waals surface area contributed by atoms with Crippen LogP contribution in [0.5, 0.6) is 0 Å². The van der Waals surface area contributed by atoms with E-state index in [0.29, 0.717) is 16.1 Å². The van der Waals surface area contributed by atoms with Crippen LogP contribution < -0.4 is 0 Å². The lowest BCUT2D eigenvalue weighted by Gasteiger charge is -2.18. The van der Waals surface area contributed by atoms with Gasteiger partial charge in [-0.15, -0.1) is 0 Å². The Morgan fingerprint density at radius 1 is 0.706 bits per heavy atom. The lowest BCUT2D eigenvalue weighted by molar-refractivity contribution is 0.0172. The lowest BCUT2D eigenvalue weighted by Crippen LogP contribution is -2.10. The van der Waals surface area contributed by atoms with Gasteiger partial charge in [-0.3, -0.25) is 0 Å². The van der Waals surface area contributed by atoms with Crippen LogP contribution in [0.2, 0.25) is 5.02 Å². The van der Waals surface area contributed by atoms with E-state index in [1.807, 2.05) is 18.2 Å². The third-order valence-corrected chi connectivity index (χ3v) is 2.90. The Morgan fingerprint density at radius 3 is 1.71 bits per heavy atom. The average Bonchev–Trinajstić information content (AvgIpc) is 2.39. The molecule has 0 bridgehead atoms. The van der Waals surface area contributed by atoms with Crippen molar-refractivity contribution in [2.24, 2.45) is 0 Å². The molecule has 0 heterocycles. The van der Waals surface area contributed by atoms with Crippen molar-refractivity contribution in [3.63, 3.8) is 0 Å². The van der Waals surface area contributed by atoms with Crippen molar-refractivity contribution >= 4 is 11.6 Å². The Bertz CT molecular complexity index is 467. The molecule has 0 saturated heterocycles. The SMILES string of the molecule is O[C@H](c1ccccc1)[C@@H](O)c1ccc(Cl)cc1. The molecule has 0 aliphatic rings. The molecule has 2 rings (SSSR count). The first-order valence-corrected chi connectivity index (χ1v) is 5.73. The first kappa shape index (κ1) is 12.1. The summed E-state index contributed by atoms with van der Waals surface area (Å²) in [5.74, 6) is 0. The van der Waals surface area contributed by atoms with E-state index in [-0.39, 0.29) is 0 Å². The van der Waals surface area contributed by atoms with Crippen molar-refractivity contribution in [1.82, 2.24) is 0 Å². The van der Waals surface area contributed by atoms with Crippen molar-refractivity contribution in [3.05, 3.63) is 70.7 Å². The van der Waals surface area contributed by atoms with Crippen molar-refractivity contribution in [2.45, 2.75) is 12.2 Å². The number of rotatable bonds is 3. The molecule has 2 nitrogen and oxygen atoms in total. The second-order valence-corrected chi connectivity index (χ2v) is 4.29. The van der Waals surface area contributed by atoms with Gasteiger partial charge in [0.05, 0.1) is 0 Å². The van der Waals surface area contributed by atoms with Gasteiger partial charge in [0.25, 0.3) is 0 Å². The smallest absolute Gasteiger partial charge is 0.109 e. The number of aliphatic hydroxyl groups is 2. The zero-order valence-corrected chi connectivity index (χ0v) is 9.88. The van der Waals surface area contributed by atoms with Gasteiger partial charge in [0, 0.05) is 5.02 Å². The molecule has 0 aliphatic heterocycles. The second-order valence-electron chi connectivity index (χ2n) is 3.85. The maximum atomic E-state index is 10.0. The molecule has 2 atom stereocenters. The summed E-state index contributed by atoms with van der Waals surface area (Å²) in [4.78, 5) is 0. The molecule has 0 amide bonds. The summed E-state index contributed by atoms with van der Waals surface area (Å²) in [6.45, 7) is 0. The summed E-state index contributed by atoms with van der Waals surface area (Å²) in [6.07, 6.45) is -1.88. The minimum Gasteiger partial charge on any atom is -0.385 e. The number of benzene rings is 2. The molecule has 0 unspecified atom stereocenters. The van der Waals surface area contributed by atoms with Gasteiger partial charge in [-0.05, 0) is 23.3 Å². The molecule has 17 heavy (non-hydrogen) atoms. The predicted molar refractivity (Wildman–Crippen MR) is 67.8 cm³/mol. The molecule has 0 aromatic heterocycles. The monoisotopic (exact) mass is 248 g/mol. The molecule has 0 aliphatic carbocycles. The molecule has 2 aromatic carbocycles. The van der Waals surface area contributed by atoms with Crippen molar-refractivity contribution in [3.8, 4) is 0 Å². The van der Waals surface area contributed by atoms with Gasteiger partial charge in [-0.2, -0.15) is 0 Å². The van der Waals surface area contributed by atoms with Crippen molar-refractivity contribution in [1.29, 1.82) is 0 Å². The molecule has 0 radical (unpaired) electrons. The van der Waals surface area contributed by atoms with Crippen LogP contribution in [0.25, 0.3) is 0 Å². The van der Waals surface area contributed by atoms with Crippen LogP contribution in [0.1, 0.15) is 23.3 Å². The minimum atomic E-state index is -0.949. The minimum absolute atomic E-state index is 0.607. The first-order valence-electron chi connectivity index (χ1n) is 5.35. The molecule has 0 spiro atoms. The van der Waals surface area contributed by atoms with Gasteiger partial charge in [0.1, 0.15) is 12.2 Å². The molecular weight excluding hydrogens is 236 g/mol. The number of aliphatic hydroxyl groups excluding tert-OH is 2. The fourth-order valence-corrected chi connectivity index (χ4v) is 1.80. The Hall–Kier alpha value is -1.35. The number of halogens is 1. The summed E-state index contributed by atoms with van der Waals surface area (Å²) >= 11 is 5.77. The van der Waals surface area contributed by atoms with E-state index in [2.05, 4.69) is 0 Å². The van der Waals surface area contributed by atoms with E-state index in [4.69, 9.17) is 11.6 Å². The van der Waals surface area contributed by atoms with E-state index < -0.39 is 12.2 Å².